The smallest absolute Gasteiger partial charge is 0.314 e. The molecule has 0 fully saturated rings. The molecule has 2 N–H and O–H groups in total. The molecule has 5 heteroatoms. The Morgan fingerprint density at radius 1 is 0.909 bits per heavy atom. The third kappa shape index (κ3) is 3.84. The van der Waals surface area contributed by atoms with Gasteiger partial charge in [-0.3, -0.25) is 4.57 Å². The van der Waals surface area contributed by atoms with Crippen molar-refractivity contribution in [2.45, 2.75) is 19.6 Å². The van der Waals surface area contributed by atoms with Gasteiger partial charge in [0.2, 0.25) is 0 Å². The van der Waals surface area contributed by atoms with Gasteiger partial charge < -0.3 is 14.8 Å². The van der Waals surface area contributed by atoms with Crippen LogP contribution in [0, 0.1) is 0 Å². The monoisotopic (exact) mass is 319 g/mol. The van der Waals surface area contributed by atoms with Crippen LogP contribution in [0.3, 0.4) is 0 Å². The molecule has 0 saturated heterocycles. The molecule has 0 heterocycles. The van der Waals surface area contributed by atoms with Crippen LogP contribution in [0.15, 0.2) is 54.6 Å². The van der Waals surface area contributed by atoms with Crippen LogP contribution in [0.1, 0.15) is 25.2 Å². The SMILES string of the molecule is CCOP(=O)(OCC)[C@@H](N)c1ccc(-c2ccccc2)cc1. The minimum atomic E-state index is -3.34. The highest BCUT2D eigenvalue weighted by molar-refractivity contribution is 7.54. The van der Waals surface area contributed by atoms with Crippen LogP contribution in [0.4, 0.5) is 0 Å². The number of rotatable bonds is 7. The van der Waals surface area contributed by atoms with Gasteiger partial charge in [0.15, 0.2) is 0 Å². The molecule has 0 spiro atoms. The fourth-order valence-corrected chi connectivity index (χ4v) is 3.90. The van der Waals surface area contributed by atoms with Gasteiger partial charge in [0.25, 0.3) is 0 Å². The number of hydrogen-bond donors (Lipinski definition) is 1. The first-order valence-electron chi connectivity index (χ1n) is 7.40. The maximum atomic E-state index is 12.7. The summed E-state index contributed by atoms with van der Waals surface area (Å²) in [5, 5.41) is 0. The van der Waals surface area contributed by atoms with E-state index in [1.54, 1.807) is 13.8 Å². The molecule has 22 heavy (non-hydrogen) atoms. The van der Waals surface area contributed by atoms with Gasteiger partial charge in [0, 0.05) is 0 Å². The predicted octanol–water partition coefficient (Wildman–Crippen LogP) is 4.58. The van der Waals surface area contributed by atoms with Gasteiger partial charge in [-0.25, -0.2) is 0 Å². The van der Waals surface area contributed by atoms with Crippen molar-refractivity contribution in [2.75, 3.05) is 13.2 Å². The Kier molecular flexibility index (Phi) is 5.92. The first-order chi connectivity index (χ1) is 10.6. The molecule has 2 aromatic rings. The number of hydrogen-bond acceptors (Lipinski definition) is 4. The molecule has 2 rings (SSSR count). The summed E-state index contributed by atoms with van der Waals surface area (Å²) in [6.45, 7) is 4.15. The van der Waals surface area contributed by atoms with E-state index in [0.717, 1.165) is 16.7 Å². The molecule has 118 valence electrons. The average Bonchev–Trinajstić information content (AvgIpc) is 2.55. The van der Waals surface area contributed by atoms with E-state index < -0.39 is 13.4 Å². The van der Waals surface area contributed by atoms with Gasteiger partial charge in [-0.15, -0.1) is 0 Å². The largest absolute Gasteiger partial charge is 0.351 e. The Morgan fingerprint density at radius 2 is 1.41 bits per heavy atom. The lowest BCUT2D eigenvalue weighted by Gasteiger charge is -2.23. The van der Waals surface area contributed by atoms with Crippen molar-refractivity contribution in [3.8, 4) is 11.1 Å². The predicted molar refractivity (Wildman–Crippen MR) is 89.7 cm³/mol. The first kappa shape index (κ1) is 16.9. The molecule has 4 nitrogen and oxygen atoms in total. The zero-order valence-corrected chi connectivity index (χ0v) is 13.8. The fourth-order valence-electron chi connectivity index (χ4n) is 2.24. The molecule has 0 radical (unpaired) electrons. The standard InChI is InChI=1S/C17H22NO3P/c1-3-20-22(19,21-4-2)17(18)16-12-10-15(11-13-16)14-8-6-5-7-9-14/h5-13,17H,3-4,18H2,1-2H3/t17-/m1/s1. The summed E-state index contributed by atoms with van der Waals surface area (Å²) in [6, 6.07) is 17.7. The van der Waals surface area contributed by atoms with Gasteiger partial charge in [-0.05, 0) is 30.5 Å². The molecule has 0 unspecified atom stereocenters. The van der Waals surface area contributed by atoms with Gasteiger partial charge in [-0.2, -0.15) is 0 Å². The van der Waals surface area contributed by atoms with Crippen molar-refractivity contribution >= 4 is 7.60 Å². The van der Waals surface area contributed by atoms with E-state index in [9.17, 15) is 4.57 Å². The molecule has 0 bridgehead atoms. The molecule has 2 aromatic carbocycles. The Morgan fingerprint density at radius 3 is 1.91 bits per heavy atom. The highest BCUT2D eigenvalue weighted by Gasteiger charge is 2.33. The van der Waals surface area contributed by atoms with E-state index in [-0.39, 0.29) is 0 Å². The summed E-state index contributed by atoms with van der Waals surface area (Å²) in [5.74, 6) is -0.780. The summed E-state index contributed by atoms with van der Waals surface area (Å²) in [7, 11) is -3.34. The van der Waals surface area contributed by atoms with Crippen LogP contribution in [-0.2, 0) is 13.6 Å². The maximum Gasteiger partial charge on any atom is 0.351 e. The van der Waals surface area contributed by atoms with Crippen LogP contribution >= 0.6 is 7.60 Å². The van der Waals surface area contributed by atoms with Crippen LogP contribution in [-0.4, -0.2) is 13.2 Å². The van der Waals surface area contributed by atoms with Crippen molar-refractivity contribution in [1.82, 2.24) is 0 Å². The highest BCUT2D eigenvalue weighted by Crippen LogP contribution is 2.58. The lowest BCUT2D eigenvalue weighted by Crippen LogP contribution is -2.15. The van der Waals surface area contributed by atoms with Gasteiger partial charge in [0.05, 0.1) is 13.2 Å². The van der Waals surface area contributed by atoms with E-state index in [2.05, 4.69) is 0 Å². The normalized spacial score (nSPS) is 13.0. The minimum Gasteiger partial charge on any atom is -0.314 e. The van der Waals surface area contributed by atoms with E-state index in [4.69, 9.17) is 14.8 Å². The Hall–Kier alpha value is -1.45. The first-order valence-corrected chi connectivity index (χ1v) is 9.01. The quantitative estimate of drug-likeness (QED) is 0.759. The van der Waals surface area contributed by atoms with Crippen molar-refractivity contribution in [2.24, 2.45) is 5.73 Å². The summed E-state index contributed by atoms with van der Waals surface area (Å²) in [5.41, 5.74) is 9.07. The Balaban J connectivity index is 2.24. The Bertz CT molecular complexity index is 618. The summed E-state index contributed by atoms with van der Waals surface area (Å²) < 4.78 is 23.3. The van der Waals surface area contributed by atoms with Crippen LogP contribution in [0.2, 0.25) is 0 Å². The summed E-state index contributed by atoms with van der Waals surface area (Å²) in [4.78, 5) is 0. The highest BCUT2D eigenvalue weighted by atomic mass is 31.2. The summed E-state index contributed by atoms with van der Waals surface area (Å²) >= 11 is 0. The van der Waals surface area contributed by atoms with E-state index in [1.807, 2.05) is 54.6 Å². The minimum absolute atomic E-state index is 0.299. The maximum absolute atomic E-state index is 12.7. The van der Waals surface area contributed by atoms with Crippen molar-refractivity contribution < 1.29 is 13.6 Å². The second kappa shape index (κ2) is 7.70. The lowest BCUT2D eigenvalue weighted by molar-refractivity contribution is 0.212. The number of benzene rings is 2. The van der Waals surface area contributed by atoms with Crippen molar-refractivity contribution in [3.05, 3.63) is 60.2 Å². The second-order valence-corrected chi connectivity index (χ2v) is 6.96. The van der Waals surface area contributed by atoms with Crippen LogP contribution in [0.25, 0.3) is 11.1 Å². The molecule has 1 atom stereocenters. The second-order valence-electron chi connectivity index (χ2n) is 4.81. The van der Waals surface area contributed by atoms with Crippen LogP contribution in [0.5, 0.6) is 0 Å². The van der Waals surface area contributed by atoms with E-state index in [1.165, 1.54) is 0 Å². The molecule has 0 aliphatic carbocycles. The summed E-state index contributed by atoms with van der Waals surface area (Å²) in [6.07, 6.45) is 0. The molecule has 0 aromatic heterocycles. The van der Waals surface area contributed by atoms with Gasteiger partial charge in [-0.1, -0.05) is 54.6 Å². The van der Waals surface area contributed by atoms with Gasteiger partial charge in [0.1, 0.15) is 5.78 Å². The molecular formula is C17H22NO3P. The zero-order valence-electron chi connectivity index (χ0n) is 12.9. The topological polar surface area (TPSA) is 61.5 Å². The van der Waals surface area contributed by atoms with Crippen molar-refractivity contribution in [1.29, 1.82) is 0 Å². The third-order valence-electron chi connectivity index (χ3n) is 3.32. The van der Waals surface area contributed by atoms with Crippen LogP contribution < -0.4 is 5.73 Å². The fraction of sp³-hybridized carbons (Fsp3) is 0.294. The molecule has 0 aliphatic heterocycles. The molecule has 0 amide bonds. The lowest BCUT2D eigenvalue weighted by atomic mass is 10.0. The molecule has 0 saturated carbocycles. The van der Waals surface area contributed by atoms with E-state index in [0.29, 0.717) is 13.2 Å². The third-order valence-corrected chi connectivity index (χ3v) is 5.53. The zero-order chi connectivity index (χ0) is 16.0. The van der Waals surface area contributed by atoms with Crippen molar-refractivity contribution in [3.63, 3.8) is 0 Å². The molecular weight excluding hydrogens is 297 g/mol. The Labute approximate surface area is 131 Å². The molecule has 0 aliphatic rings. The number of nitrogens with two attached hydrogens (primary N) is 1. The average molecular weight is 319 g/mol. The van der Waals surface area contributed by atoms with E-state index >= 15 is 0 Å². The van der Waals surface area contributed by atoms with Gasteiger partial charge >= 0.3 is 7.60 Å².